The molecular formula is C22H19F2N3O5. The minimum atomic E-state index is -0.980. The number of aromatic nitrogens is 1. The number of hydrogen-bond acceptors (Lipinski definition) is 5. The molecule has 1 aromatic carbocycles. The minimum Gasteiger partial charge on any atom is -0.503 e. The second-order valence-electron chi connectivity index (χ2n) is 8.85. The molecule has 1 aromatic heterocycles. The number of pyridine rings is 1. The maximum absolute atomic E-state index is 13.8. The van der Waals surface area contributed by atoms with Gasteiger partial charge in [-0.3, -0.25) is 14.4 Å². The summed E-state index contributed by atoms with van der Waals surface area (Å²) in [6.07, 6.45) is 2.62. The Kier molecular flexibility index (Phi) is 4.01. The van der Waals surface area contributed by atoms with Gasteiger partial charge in [-0.05, 0) is 30.7 Å². The first kappa shape index (κ1) is 19.4. The van der Waals surface area contributed by atoms with E-state index in [1.807, 2.05) is 0 Å². The van der Waals surface area contributed by atoms with Crippen molar-refractivity contribution in [2.24, 2.45) is 11.8 Å². The topological polar surface area (TPSA) is 101 Å². The smallest absolute Gasteiger partial charge is 0.276 e. The number of amides is 2. The molecule has 0 spiro atoms. The molecule has 1 saturated heterocycles. The Morgan fingerprint density at radius 3 is 2.81 bits per heavy atom. The molecule has 0 radical (unpaired) electrons. The second kappa shape index (κ2) is 6.61. The van der Waals surface area contributed by atoms with Gasteiger partial charge < -0.3 is 24.6 Å². The van der Waals surface area contributed by atoms with Gasteiger partial charge in [0.1, 0.15) is 17.2 Å². The zero-order valence-electron chi connectivity index (χ0n) is 16.8. The standard InChI is InChI=1S/C22H19F2N3O5/c23-10-2-1-9(14(24)3-10)6-25-21(30)13-7-26-8-17-27(22(31)18(26)20(29)19(13)28)15-5-16(32-17)12-4-11(12)15/h1-3,7,11-12,15-17,29H,4-6,8H2,(H,25,30)/t11?,12-,15+,16?,17?/m1/s1. The molecule has 3 unspecified atom stereocenters. The van der Waals surface area contributed by atoms with Crippen molar-refractivity contribution < 1.29 is 28.2 Å². The van der Waals surface area contributed by atoms with Gasteiger partial charge in [-0.15, -0.1) is 0 Å². The highest BCUT2D eigenvalue weighted by Gasteiger charge is 2.63. The van der Waals surface area contributed by atoms with Gasteiger partial charge in [-0.2, -0.15) is 0 Å². The number of rotatable bonds is 3. The number of ether oxygens (including phenoxy) is 1. The summed E-state index contributed by atoms with van der Waals surface area (Å²) in [4.78, 5) is 40.1. The summed E-state index contributed by atoms with van der Waals surface area (Å²) in [6, 6.07) is 2.99. The number of fused-ring (bicyclic) bond motifs is 8. The van der Waals surface area contributed by atoms with Crippen molar-refractivity contribution in [1.29, 1.82) is 0 Å². The number of nitrogens with one attached hydrogen (secondary N) is 1. The maximum Gasteiger partial charge on any atom is 0.276 e. The van der Waals surface area contributed by atoms with E-state index in [0.717, 1.165) is 18.9 Å². The van der Waals surface area contributed by atoms with Crippen LogP contribution < -0.4 is 10.7 Å². The molecule has 6 rings (SSSR count). The predicted molar refractivity (Wildman–Crippen MR) is 105 cm³/mol. The quantitative estimate of drug-likeness (QED) is 0.746. The Morgan fingerprint density at radius 2 is 2.03 bits per heavy atom. The summed E-state index contributed by atoms with van der Waals surface area (Å²) in [5.41, 5.74) is -1.47. The van der Waals surface area contributed by atoms with Crippen LogP contribution in [0.3, 0.4) is 0 Å². The van der Waals surface area contributed by atoms with E-state index in [1.165, 1.54) is 16.8 Å². The molecule has 2 saturated carbocycles. The van der Waals surface area contributed by atoms with Gasteiger partial charge in [0, 0.05) is 30.4 Å². The van der Waals surface area contributed by atoms with E-state index in [0.29, 0.717) is 17.9 Å². The van der Waals surface area contributed by atoms with E-state index in [9.17, 15) is 28.3 Å². The summed E-state index contributed by atoms with van der Waals surface area (Å²) in [5.74, 6) is -2.82. The fraction of sp³-hybridized carbons (Fsp3) is 0.409. The maximum atomic E-state index is 13.8. The summed E-state index contributed by atoms with van der Waals surface area (Å²) in [7, 11) is 0. The van der Waals surface area contributed by atoms with Gasteiger partial charge in [0.15, 0.2) is 17.7 Å². The van der Waals surface area contributed by atoms with E-state index >= 15 is 0 Å². The van der Waals surface area contributed by atoms with Crippen molar-refractivity contribution in [2.75, 3.05) is 0 Å². The first-order valence-corrected chi connectivity index (χ1v) is 10.5. The van der Waals surface area contributed by atoms with Crippen molar-refractivity contribution >= 4 is 11.8 Å². The number of carbonyl (C=O) groups is 2. The molecule has 5 atom stereocenters. The molecule has 8 nitrogen and oxygen atoms in total. The van der Waals surface area contributed by atoms with Crippen LogP contribution >= 0.6 is 0 Å². The van der Waals surface area contributed by atoms with Crippen molar-refractivity contribution in [3.63, 3.8) is 0 Å². The van der Waals surface area contributed by atoms with Crippen LogP contribution in [0.25, 0.3) is 0 Å². The fourth-order valence-electron chi connectivity index (χ4n) is 5.47. The molecule has 32 heavy (non-hydrogen) atoms. The van der Waals surface area contributed by atoms with E-state index in [4.69, 9.17) is 4.74 Å². The van der Waals surface area contributed by atoms with Crippen LogP contribution in [-0.4, -0.2) is 44.8 Å². The molecule has 2 aliphatic heterocycles. The van der Waals surface area contributed by atoms with Gasteiger partial charge in [-0.1, -0.05) is 6.07 Å². The Morgan fingerprint density at radius 1 is 1.22 bits per heavy atom. The Balaban J connectivity index is 1.29. The fourth-order valence-corrected chi connectivity index (χ4v) is 5.47. The average molecular weight is 443 g/mol. The van der Waals surface area contributed by atoms with Gasteiger partial charge >= 0.3 is 0 Å². The lowest BCUT2D eigenvalue weighted by atomic mass is 10.0. The molecule has 2 amide bonds. The minimum absolute atomic E-state index is 0.0394. The Bertz CT molecular complexity index is 1240. The van der Waals surface area contributed by atoms with E-state index in [2.05, 4.69) is 5.32 Å². The molecule has 2 aliphatic carbocycles. The molecule has 2 aromatic rings. The van der Waals surface area contributed by atoms with Crippen LogP contribution in [0.2, 0.25) is 0 Å². The van der Waals surface area contributed by atoms with E-state index in [1.54, 1.807) is 4.90 Å². The summed E-state index contributed by atoms with van der Waals surface area (Å²) in [6.45, 7) is -0.0916. The van der Waals surface area contributed by atoms with Crippen molar-refractivity contribution in [2.45, 2.75) is 44.3 Å². The number of halogens is 2. The van der Waals surface area contributed by atoms with Crippen LogP contribution in [-0.2, 0) is 17.8 Å². The Hall–Kier alpha value is -3.27. The van der Waals surface area contributed by atoms with Crippen molar-refractivity contribution in [3.05, 3.63) is 63.1 Å². The van der Waals surface area contributed by atoms with Crippen molar-refractivity contribution in [1.82, 2.24) is 14.8 Å². The van der Waals surface area contributed by atoms with Crippen molar-refractivity contribution in [3.8, 4) is 5.75 Å². The lowest BCUT2D eigenvalue weighted by Crippen LogP contribution is -2.58. The van der Waals surface area contributed by atoms with Gasteiger partial charge in [0.25, 0.3) is 11.8 Å². The largest absolute Gasteiger partial charge is 0.503 e. The SMILES string of the molecule is O=C(NCc1ccc(F)cc1F)c1cn2c(c(O)c1=O)C(=O)N1C(C2)OC2C[C@H]1C1C[C@@H]21. The first-order valence-electron chi connectivity index (χ1n) is 10.5. The summed E-state index contributed by atoms with van der Waals surface area (Å²) in [5, 5.41) is 12.9. The van der Waals surface area contributed by atoms with Crippen LogP contribution in [0.5, 0.6) is 5.75 Å². The predicted octanol–water partition coefficient (Wildman–Crippen LogP) is 1.35. The monoisotopic (exact) mass is 443 g/mol. The summed E-state index contributed by atoms with van der Waals surface area (Å²) < 4.78 is 34.4. The normalized spacial score (nSPS) is 29.2. The lowest BCUT2D eigenvalue weighted by Gasteiger charge is -2.45. The number of hydrogen-bond donors (Lipinski definition) is 2. The molecular weight excluding hydrogens is 424 g/mol. The van der Waals surface area contributed by atoms with Crippen LogP contribution in [0.15, 0.2) is 29.2 Å². The zero-order chi connectivity index (χ0) is 22.3. The number of nitrogens with zero attached hydrogens (tertiary/aromatic N) is 2. The molecule has 166 valence electrons. The van der Waals surface area contributed by atoms with Gasteiger partial charge in [-0.25, -0.2) is 8.78 Å². The third-order valence-corrected chi connectivity index (χ3v) is 7.08. The molecule has 3 fully saturated rings. The highest BCUT2D eigenvalue weighted by molar-refractivity contribution is 5.99. The number of aromatic hydroxyl groups is 1. The van der Waals surface area contributed by atoms with Crippen LogP contribution in [0.4, 0.5) is 8.78 Å². The number of carbonyl (C=O) groups excluding carboxylic acids is 2. The highest BCUT2D eigenvalue weighted by Crippen LogP contribution is 2.58. The third kappa shape index (κ3) is 2.72. The van der Waals surface area contributed by atoms with Crippen LogP contribution in [0.1, 0.15) is 39.3 Å². The number of benzene rings is 1. The molecule has 2 bridgehead atoms. The third-order valence-electron chi connectivity index (χ3n) is 7.08. The Labute approximate surface area is 180 Å². The molecule has 10 heteroatoms. The van der Waals surface area contributed by atoms with Gasteiger partial charge in [0.05, 0.1) is 12.6 Å². The average Bonchev–Trinajstić information content (AvgIpc) is 3.50. The van der Waals surface area contributed by atoms with Gasteiger partial charge in [0.2, 0.25) is 5.43 Å². The summed E-state index contributed by atoms with van der Waals surface area (Å²) >= 11 is 0. The molecule has 2 N–H and O–H groups in total. The molecule has 4 aliphatic rings. The van der Waals surface area contributed by atoms with E-state index in [-0.39, 0.29) is 42.1 Å². The second-order valence-corrected chi connectivity index (χ2v) is 8.85. The van der Waals surface area contributed by atoms with Crippen LogP contribution in [0, 0.1) is 23.5 Å². The lowest BCUT2D eigenvalue weighted by molar-refractivity contribution is -0.144. The molecule has 3 heterocycles. The first-order chi connectivity index (χ1) is 15.3. The highest BCUT2D eigenvalue weighted by atomic mass is 19.1. The van der Waals surface area contributed by atoms with E-state index < -0.39 is 40.9 Å². The zero-order valence-corrected chi connectivity index (χ0v) is 16.8.